The fourth-order valence-corrected chi connectivity index (χ4v) is 10.9. The minimum atomic E-state index is -1.85. The summed E-state index contributed by atoms with van der Waals surface area (Å²) in [5.74, 6) is -15.6. The molecule has 37 heteroatoms. The molecule has 98 heavy (non-hydrogen) atoms. The number of carboxylic acid groups (broad SMARTS) is 1. The van der Waals surface area contributed by atoms with Crippen LogP contribution in [0.1, 0.15) is 96.6 Å². The van der Waals surface area contributed by atoms with Crippen molar-refractivity contribution in [1.82, 2.24) is 63.0 Å². The Bertz CT molecular complexity index is 3250. The number of rotatable bonds is 38. The second-order valence-electron chi connectivity index (χ2n) is 23.9. The van der Waals surface area contributed by atoms with E-state index in [1.54, 1.807) is 0 Å². The van der Waals surface area contributed by atoms with Crippen LogP contribution in [0.5, 0.6) is 11.5 Å². The van der Waals surface area contributed by atoms with Gasteiger partial charge >= 0.3 is 5.97 Å². The number of hydrogen-bond acceptors (Lipinski definition) is 20. The number of benzene rings is 2. The standard InChI is InChI=1S/C61H89N17O19S/c1-30(2)22-38(69-32(4)80)54(91)73-39(23-33-11-15-35(81)16-12-33)55(92)71-37(8-5-19-66-61(64)65)53(90)68-31(3)51(88)72-41(25-47(62)83)52(89)67-27-48(84)70-42(26-49(85)86)59(96)78-21-7-10-46(78)60(97)77-20-6-9-45(77)58(95)76-44(29-98)57(94)74-40(24-34-13-17-36(82)18-14-34)56(93)75-43(28-79)50(63)87/h11-18,30-31,37-46,79,81-82,98H,5-10,19-29H2,1-4H3,(H2,62,83)(H2,63,87)(H,67,89)(H,68,90)(H,69,80)(H,70,84)(H,71,92)(H,72,88)(H,73,91)(H,74,94)(H,75,93)(H,76,95)(H,85,86)(H4,64,65,66)/t31-,37-,38-,39-,40-,41-,42-,43-,44-,45-,46-/m0/s1. The van der Waals surface area contributed by atoms with Crippen molar-refractivity contribution in [2.24, 2.45) is 33.8 Å². The first-order valence-corrected chi connectivity index (χ1v) is 32.0. The van der Waals surface area contributed by atoms with Crippen LogP contribution in [0.4, 0.5) is 0 Å². The number of primary amides is 2. The van der Waals surface area contributed by atoms with Crippen LogP contribution in [0.2, 0.25) is 0 Å². The SMILES string of the molecule is CC(=O)N[C@@H](CC(C)C)C(=O)N[C@@H](Cc1ccc(O)cc1)C(=O)N[C@@H](CCCN=C(N)N)C(=O)N[C@@H](C)C(=O)N[C@@H](CC(N)=O)C(=O)NCC(=O)N[C@@H](CC(=O)O)C(=O)N1CCC[C@H]1C(=O)N1CCC[C@H]1C(=O)N[C@@H](CS)C(=O)N[C@@H](Cc1ccc(O)cc1)C(=O)N[C@@H](CO)C(N)=O. The minimum Gasteiger partial charge on any atom is -0.508 e. The van der Waals surface area contributed by atoms with Crippen molar-refractivity contribution in [3.8, 4) is 11.5 Å². The number of guanidine groups is 1. The Kier molecular flexibility index (Phi) is 31.9. The second-order valence-corrected chi connectivity index (χ2v) is 24.3. The summed E-state index contributed by atoms with van der Waals surface area (Å²) in [7, 11) is 0. The number of aliphatic hydroxyl groups is 1. The lowest BCUT2D eigenvalue weighted by Gasteiger charge is -2.33. The maximum atomic E-state index is 14.4. The third-order valence-electron chi connectivity index (χ3n) is 15.5. The summed E-state index contributed by atoms with van der Waals surface area (Å²) in [6.07, 6.45) is -1.52. The summed E-state index contributed by atoms with van der Waals surface area (Å²) >= 11 is 4.23. The smallest absolute Gasteiger partial charge is 0.305 e. The minimum absolute atomic E-state index is 0.00817. The van der Waals surface area contributed by atoms with E-state index in [0.29, 0.717) is 11.1 Å². The van der Waals surface area contributed by atoms with Gasteiger partial charge in [0, 0.05) is 45.2 Å². The van der Waals surface area contributed by atoms with Gasteiger partial charge in [-0.15, -0.1) is 0 Å². The fraction of sp³-hybridized carbons (Fsp3) is 0.541. The maximum Gasteiger partial charge on any atom is 0.305 e. The summed E-state index contributed by atoms with van der Waals surface area (Å²) in [6, 6.07) is -4.72. The molecule has 2 aromatic carbocycles. The number of nitrogens with two attached hydrogens (primary N) is 4. The number of carbonyl (C=O) groups is 15. The summed E-state index contributed by atoms with van der Waals surface area (Å²) in [6.45, 7) is 4.05. The highest BCUT2D eigenvalue weighted by Crippen LogP contribution is 2.27. The zero-order chi connectivity index (χ0) is 73.1. The first-order chi connectivity index (χ1) is 46.2. The average Bonchev–Trinajstić information content (AvgIpc) is 1.63. The number of phenolic OH excluding ortho intramolecular Hbond substituents is 2. The number of likely N-dealkylation sites (tertiary alicyclic amines) is 2. The lowest BCUT2D eigenvalue weighted by molar-refractivity contribution is -0.149. The van der Waals surface area contributed by atoms with Crippen LogP contribution in [0, 0.1) is 5.92 Å². The highest BCUT2D eigenvalue weighted by Gasteiger charge is 2.45. The second kappa shape index (κ2) is 39.0. The van der Waals surface area contributed by atoms with Gasteiger partial charge in [-0.25, -0.2) is 0 Å². The van der Waals surface area contributed by atoms with E-state index in [9.17, 15) is 92.3 Å². The molecule has 0 saturated carbocycles. The van der Waals surface area contributed by atoms with Crippen molar-refractivity contribution < 1.29 is 92.3 Å². The Morgan fingerprint density at radius 1 is 0.571 bits per heavy atom. The van der Waals surface area contributed by atoms with Gasteiger partial charge in [0.15, 0.2) is 5.96 Å². The number of carbonyl (C=O) groups excluding carboxylic acids is 14. The predicted molar refractivity (Wildman–Crippen MR) is 350 cm³/mol. The zero-order valence-corrected chi connectivity index (χ0v) is 55.5. The molecule has 2 saturated heterocycles. The molecule has 0 aromatic heterocycles. The summed E-state index contributed by atoms with van der Waals surface area (Å²) in [5, 5.41) is 63.3. The molecule has 2 fully saturated rings. The van der Waals surface area contributed by atoms with Crippen molar-refractivity contribution in [1.29, 1.82) is 0 Å². The zero-order valence-electron chi connectivity index (χ0n) is 54.6. The largest absolute Gasteiger partial charge is 0.508 e. The van der Waals surface area contributed by atoms with Crippen molar-refractivity contribution in [2.75, 3.05) is 38.5 Å². The Morgan fingerprint density at radius 2 is 1.07 bits per heavy atom. The molecule has 538 valence electrons. The molecule has 2 aliphatic heterocycles. The molecule has 2 aromatic rings. The maximum absolute atomic E-state index is 14.4. The van der Waals surface area contributed by atoms with Gasteiger partial charge in [0.1, 0.15) is 78.0 Å². The van der Waals surface area contributed by atoms with Crippen LogP contribution in [0.3, 0.4) is 0 Å². The normalized spacial score (nSPS) is 16.8. The molecule has 2 heterocycles. The highest BCUT2D eigenvalue weighted by atomic mass is 32.1. The van der Waals surface area contributed by atoms with Crippen LogP contribution < -0.4 is 76.1 Å². The van der Waals surface area contributed by atoms with Gasteiger partial charge in [-0.05, 0) is 93.2 Å². The molecule has 2 aliphatic rings. The monoisotopic (exact) mass is 1400 g/mol. The third-order valence-corrected chi connectivity index (χ3v) is 15.9. The first-order valence-electron chi connectivity index (χ1n) is 31.4. The molecule has 22 N–H and O–H groups in total. The number of nitrogens with zero attached hydrogens (tertiary/aromatic N) is 3. The number of aromatic hydroxyl groups is 2. The third kappa shape index (κ3) is 26.0. The van der Waals surface area contributed by atoms with E-state index in [-0.39, 0.29) is 107 Å². The predicted octanol–water partition coefficient (Wildman–Crippen LogP) is -6.76. The molecule has 4 rings (SSSR count). The quantitative estimate of drug-likeness (QED) is 0.0129. The Balaban J connectivity index is 1.43. The van der Waals surface area contributed by atoms with Gasteiger partial charge in [-0.3, -0.25) is 76.9 Å². The number of thiol groups is 1. The van der Waals surface area contributed by atoms with Gasteiger partial charge in [0.05, 0.1) is 26.0 Å². The number of hydrogen-bond donors (Lipinski definition) is 19. The van der Waals surface area contributed by atoms with Crippen LogP contribution >= 0.6 is 12.6 Å². The van der Waals surface area contributed by atoms with Crippen molar-refractivity contribution in [2.45, 2.75) is 165 Å². The van der Waals surface area contributed by atoms with E-state index < -0.39 is 181 Å². The lowest BCUT2D eigenvalue weighted by Crippen LogP contribution is -2.60. The van der Waals surface area contributed by atoms with Gasteiger partial charge in [0.2, 0.25) is 82.7 Å². The van der Waals surface area contributed by atoms with E-state index in [2.05, 4.69) is 70.8 Å². The molecular formula is C61H89N17O19S. The number of phenols is 2. The van der Waals surface area contributed by atoms with Crippen molar-refractivity contribution in [3.63, 3.8) is 0 Å². The van der Waals surface area contributed by atoms with E-state index in [0.717, 1.165) is 4.90 Å². The van der Waals surface area contributed by atoms with Gasteiger partial charge in [0.25, 0.3) is 0 Å². The van der Waals surface area contributed by atoms with E-state index in [4.69, 9.17) is 22.9 Å². The highest BCUT2D eigenvalue weighted by molar-refractivity contribution is 7.80. The van der Waals surface area contributed by atoms with E-state index in [1.165, 1.54) is 67.3 Å². The molecular weight excluding hydrogens is 1310 g/mol. The summed E-state index contributed by atoms with van der Waals surface area (Å²) < 4.78 is 0. The molecule has 0 spiro atoms. The first kappa shape index (κ1) is 80.1. The molecule has 0 bridgehead atoms. The molecule has 11 atom stereocenters. The van der Waals surface area contributed by atoms with E-state index in [1.807, 2.05) is 13.8 Å². The number of amides is 14. The summed E-state index contributed by atoms with van der Waals surface area (Å²) in [4.78, 5) is 207. The van der Waals surface area contributed by atoms with E-state index >= 15 is 0 Å². The average molecular weight is 1400 g/mol. The molecule has 0 aliphatic carbocycles. The van der Waals surface area contributed by atoms with Crippen LogP contribution in [0.15, 0.2) is 53.5 Å². The van der Waals surface area contributed by atoms with Crippen LogP contribution in [0.25, 0.3) is 0 Å². The Hall–Kier alpha value is -10.3. The van der Waals surface area contributed by atoms with Crippen LogP contribution in [-0.4, -0.2) is 230 Å². The number of carboxylic acids is 1. The van der Waals surface area contributed by atoms with Gasteiger partial charge in [-0.1, -0.05) is 38.1 Å². The van der Waals surface area contributed by atoms with Crippen molar-refractivity contribution in [3.05, 3.63) is 59.7 Å². The molecule has 36 nitrogen and oxygen atoms in total. The van der Waals surface area contributed by atoms with Gasteiger partial charge < -0.3 is 106 Å². The number of nitrogens with one attached hydrogen (secondary N) is 10. The Labute approximate surface area is 568 Å². The summed E-state index contributed by atoms with van der Waals surface area (Å²) in [5.41, 5.74) is 22.6. The fourth-order valence-electron chi connectivity index (χ4n) is 10.6. The molecule has 0 radical (unpaired) electrons. The lowest BCUT2D eigenvalue weighted by atomic mass is 10.0. The van der Waals surface area contributed by atoms with Crippen LogP contribution in [-0.2, 0) is 84.8 Å². The van der Waals surface area contributed by atoms with Crippen molar-refractivity contribution >= 4 is 107 Å². The number of aliphatic carboxylic acids is 1. The topological polar surface area (TPSA) is 580 Å². The number of aliphatic hydroxyl groups excluding tert-OH is 1. The molecule has 0 unspecified atom stereocenters. The Morgan fingerprint density at radius 3 is 1.57 bits per heavy atom. The number of aliphatic imine (C=N–C) groups is 1. The van der Waals surface area contributed by atoms with Gasteiger partial charge in [-0.2, -0.15) is 12.6 Å². The molecule has 14 amide bonds.